The molecule has 6 aromatic carbocycles. The van der Waals surface area contributed by atoms with Crippen LogP contribution < -0.4 is 0 Å². The van der Waals surface area contributed by atoms with Crippen LogP contribution in [0, 0.1) is 13.8 Å². The molecule has 2 heterocycles. The minimum Gasteiger partial charge on any atom is -0.353 e. The molecule has 1 atom stereocenters. The smallest absolute Gasteiger partial charge is 0.138 e. The van der Waals surface area contributed by atoms with Crippen LogP contribution in [-0.4, -0.2) is 10.7 Å². The average Bonchev–Trinajstić information content (AvgIpc) is 3.72. The predicted octanol–water partition coefficient (Wildman–Crippen LogP) is 11.3. The van der Waals surface area contributed by atoms with E-state index in [1.165, 1.54) is 55.7 Å². The third kappa shape index (κ3) is 4.23. The number of fused-ring (bicyclic) bond motifs is 6. The monoisotopic (exact) mass is 614 g/mol. The Labute approximate surface area is 281 Å². The maximum absolute atomic E-state index is 6.00. The van der Waals surface area contributed by atoms with E-state index in [2.05, 4.69) is 183 Å². The Morgan fingerprint density at radius 1 is 0.479 bits per heavy atom. The molecule has 48 heavy (non-hydrogen) atoms. The summed E-state index contributed by atoms with van der Waals surface area (Å²) in [6.07, 6.45) is 0. The second kappa shape index (κ2) is 11.1. The van der Waals surface area contributed by atoms with Gasteiger partial charge in [0.2, 0.25) is 0 Å². The molecule has 0 spiro atoms. The molecule has 0 fully saturated rings. The van der Waals surface area contributed by atoms with Crippen molar-refractivity contribution in [3.63, 3.8) is 0 Å². The Bertz CT molecular complexity index is 2360. The van der Waals surface area contributed by atoms with Crippen LogP contribution >= 0.6 is 0 Å². The summed E-state index contributed by atoms with van der Waals surface area (Å²) in [5.41, 5.74) is 17.9. The van der Waals surface area contributed by atoms with Crippen molar-refractivity contribution in [3.8, 4) is 33.6 Å². The molecular formula is C46H34N2. The second-order valence-electron chi connectivity index (χ2n) is 12.9. The molecule has 0 saturated heterocycles. The van der Waals surface area contributed by atoms with Gasteiger partial charge >= 0.3 is 0 Å². The van der Waals surface area contributed by atoms with Crippen molar-refractivity contribution < 1.29 is 0 Å². The van der Waals surface area contributed by atoms with Crippen molar-refractivity contribution in [1.29, 1.82) is 0 Å². The third-order valence-electron chi connectivity index (χ3n) is 9.92. The van der Waals surface area contributed by atoms with Gasteiger partial charge < -0.3 is 4.98 Å². The number of aromatic amines is 1. The minimum atomic E-state index is -0.780. The maximum atomic E-state index is 6.00. The van der Waals surface area contributed by atoms with Crippen molar-refractivity contribution in [2.24, 2.45) is 4.99 Å². The first-order valence-electron chi connectivity index (χ1n) is 16.6. The number of rotatable bonds is 5. The molecule has 7 aromatic rings. The van der Waals surface area contributed by atoms with Crippen molar-refractivity contribution >= 4 is 16.9 Å². The van der Waals surface area contributed by atoms with Crippen LogP contribution in [0.3, 0.4) is 0 Å². The highest BCUT2D eigenvalue weighted by atomic mass is 14.9. The van der Waals surface area contributed by atoms with E-state index < -0.39 is 5.54 Å². The number of benzene rings is 6. The molecule has 9 rings (SSSR count). The van der Waals surface area contributed by atoms with Gasteiger partial charge in [0.1, 0.15) is 5.54 Å². The molecule has 0 saturated carbocycles. The van der Waals surface area contributed by atoms with Gasteiger partial charge in [-0.1, -0.05) is 175 Å². The lowest BCUT2D eigenvalue weighted by molar-refractivity contribution is 0.714. The molecule has 2 heteroatoms. The largest absolute Gasteiger partial charge is 0.353 e. The first-order chi connectivity index (χ1) is 23.6. The fraction of sp³-hybridized carbons (Fsp3) is 0.0652. The number of nitrogens with one attached hydrogen (secondary N) is 1. The SMILES string of the molecule is Cc1ccc(C23N=C(c4ccccc4)C(c4ccccc4)=C2c2c([nH]c(-c4ccccc4)c2-c2ccccc2)-c2ccc(C)cc23)cc1. The summed E-state index contributed by atoms with van der Waals surface area (Å²) in [6.45, 7) is 4.35. The highest BCUT2D eigenvalue weighted by molar-refractivity contribution is 6.41. The van der Waals surface area contributed by atoms with Crippen molar-refractivity contribution in [3.05, 3.63) is 203 Å². The van der Waals surface area contributed by atoms with Gasteiger partial charge in [-0.15, -0.1) is 0 Å². The van der Waals surface area contributed by atoms with E-state index >= 15 is 0 Å². The molecule has 0 bridgehead atoms. The Morgan fingerprint density at radius 3 is 1.65 bits per heavy atom. The Balaban J connectivity index is 1.53. The van der Waals surface area contributed by atoms with Crippen LogP contribution in [0.1, 0.15) is 38.9 Å². The molecule has 1 N–H and O–H groups in total. The van der Waals surface area contributed by atoms with Gasteiger partial charge in [0.15, 0.2) is 0 Å². The van der Waals surface area contributed by atoms with Gasteiger partial charge in [-0.2, -0.15) is 0 Å². The summed E-state index contributed by atoms with van der Waals surface area (Å²) in [7, 11) is 0. The Kier molecular flexibility index (Phi) is 6.51. The zero-order valence-electron chi connectivity index (χ0n) is 27.0. The van der Waals surface area contributed by atoms with Crippen molar-refractivity contribution in [2.75, 3.05) is 0 Å². The van der Waals surface area contributed by atoms with Gasteiger partial charge in [-0.25, -0.2) is 0 Å². The summed E-state index contributed by atoms with van der Waals surface area (Å²) in [6, 6.07) is 59.1. The molecule has 1 aromatic heterocycles. The molecule has 1 unspecified atom stereocenters. The molecule has 2 nitrogen and oxygen atoms in total. The van der Waals surface area contributed by atoms with Gasteiger partial charge in [0.05, 0.1) is 17.1 Å². The Morgan fingerprint density at radius 2 is 1.02 bits per heavy atom. The molecule has 228 valence electrons. The normalized spacial score (nSPS) is 16.2. The van der Waals surface area contributed by atoms with Gasteiger partial charge in [0, 0.05) is 33.4 Å². The maximum Gasteiger partial charge on any atom is 0.138 e. The topological polar surface area (TPSA) is 28.1 Å². The van der Waals surface area contributed by atoms with E-state index in [1.807, 2.05) is 0 Å². The highest BCUT2D eigenvalue weighted by Crippen LogP contribution is 2.63. The molecule has 1 aliphatic heterocycles. The number of hydrogen-bond donors (Lipinski definition) is 1. The summed E-state index contributed by atoms with van der Waals surface area (Å²) in [5.74, 6) is 0. The van der Waals surface area contributed by atoms with E-state index in [1.54, 1.807) is 0 Å². The number of aryl methyl sites for hydroxylation is 2. The number of aliphatic imine (C=N–C) groups is 1. The van der Waals surface area contributed by atoms with Crippen LogP contribution in [0.25, 0.3) is 44.8 Å². The number of hydrogen-bond acceptors (Lipinski definition) is 1. The number of nitrogens with zero attached hydrogens (tertiary/aromatic N) is 1. The van der Waals surface area contributed by atoms with E-state index in [0.29, 0.717) is 0 Å². The quantitative estimate of drug-likeness (QED) is 0.200. The lowest BCUT2D eigenvalue weighted by Crippen LogP contribution is -2.30. The van der Waals surface area contributed by atoms with Crippen LogP contribution in [0.15, 0.2) is 169 Å². The van der Waals surface area contributed by atoms with Gasteiger partial charge in [-0.3, -0.25) is 4.99 Å². The first-order valence-corrected chi connectivity index (χ1v) is 16.6. The van der Waals surface area contributed by atoms with Gasteiger partial charge in [-0.05, 0) is 41.7 Å². The fourth-order valence-electron chi connectivity index (χ4n) is 7.77. The van der Waals surface area contributed by atoms with Crippen LogP contribution in [-0.2, 0) is 5.54 Å². The van der Waals surface area contributed by atoms with Crippen LogP contribution in [0.5, 0.6) is 0 Å². The molecular weight excluding hydrogens is 581 g/mol. The van der Waals surface area contributed by atoms with E-state index in [-0.39, 0.29) is 0 Å². The molecule has 0 radical (unpaired) electrons. The summed E-state index contributed by atoms with van der Waals surface area (Å²) in [4.78, 5) is 10.0. The summed E-state index contributed by atoms with van der Waals surface area (Å²) < 4.78 is 0. The molecule has 0 amide bonds. The zero-order valence-corrected chi connectivity index (χ0v) is 27.0. The summed E-state index contributed by atoms with van der Waals surface area (Å²) >= 11 is 0. The predicted molar refractivity (Wildman–Crippen MR) is 200 cm³/mol. The van der Waals surface area contributed by atoms with Crippen molar-refractivity contribution in [1.82, 2.24) is 4.98 Å². The molecule has 1 aliphatic carbocycles. The zero-order chi connectivity index (χ0) is 32.2. The number of H-pyrrole nitrogens is 1. The standard InChI is InChI=1S/C46H34N2/c1-30-23-26-36(27-24-30)46-38-29-31(2)25-28-37(38)45-41(39(32-15-7-3-8-16-32)43(47-45)34-19-11-5-12-20-34)42(46)40(33-17-9-4-10-18-33)44(48-46)35-21-13-6-14-22-35/h3-29,47H,1-2H3. The summed E-state index contributed by atoms with van der Waals surface area (Å²) in [5, 5.41) is 0. The van der Waals surface area contributed by atoms with Crippen LogP contribution in [0.2, 0.25) is 0 Å². The molecule has 2 aliphatic rings. The highest BCUT2D eigenvalue weighted by Gasteiger charge is 2.52. The fourth-order valence-corrected chi connectivity index (χ4v) is 7.77. The minimum absolute atomic E-state index is 0.780. The van der Waals surface area contributed by atoms with Crippen LogP contribution in [0.4, 0.5) is 0 Å². The van der Waals surface area contributed by atoms with E-state index in [4.69, 9.17) is 4.99 Å². The third-order valence-corrected chi connectivity index (χ3v) is 9.92. The lowest BCUT2D eigenvalue weighted by atomic mass is 9.66. The second-order valence-corrected chi connectivity index (χ2v) is 12.9. The first kappa shape index (κ1) is 28.3. The van der Waals surface area contributed by atoms with E-state index in [0.717, 1.165) is 33.8 Å². The lowest BCUT2D eigenvalue weighted by Gasteiger charge is -2.38. The average molecular weight is 615 g/mol. The van der Waals surface area contributed by atoms with Crippen molar-refractivity contribution in [2.45, 2.75) is 19.4 Å². The van der Waals surface area contributed by atoms with Gasteiger partial charge in [0.25, 0.3) is 0 Å². The van der Waals surface area contributed by atoms with E-state index in [9.17, 15) is 0 Å². The Hall–Kier alpha value is -5.99. The number of aromatic nitrogens is 1. The number of allylic oxidation sites excluding steroid dienone is 1.